The predicted molar refractivity (Wildman–Crippen MR) is 39.9 cm³/mol. The smallest absolute Gasteiger partial charge is 0.310 e. The number of carbonyl (C=O) groups is 1. The van der Waals surface area contributed by atoms with E-state index in [-0.39, 0.29) is 18.5 Å². The quantitative estimate of drug-likeness (QED) is 0.447. The van der Waals surface area contributed by atoms with E-state index >= 15 is 0 Å². The number of esters is 1. The van der Waals surface area contributed by atoms with E-state index in [1.165, 1.54) is 0 Å². The van der Waals surface area contributed by atoms with Gasteiger partial charge in [0.15, 0.2) is 0 Å². The number of aliphatic hydroxyl groups excluding tert-OH is 1. The highest BCUT2D eigenvalue weighted by Gasteiger charge is 2.21. The molecule has 3 nitrogen and oxygen atoms in total. The minimum atomic E-state index is -0.516. The number of cyclic esters (lactones) is 1. The molecule has 0 saturated heterocycles. The lowest BCUT2D eigenvalue weighted by molar-refractivity contribution is -0.147. The van der Waals surface area contributed by atoms with E-state index in [2.05, 4.69) is 0 Å². The molecule has 0 amide bonds. The molecule has 0 unspecified atom stereocenters. The topological polar surface area (TPSA) is 46.5 Å². The molecular formula is C8H12O3. The van der Waals surface area contributed by atoms with Crippen molar-refractivity contribution in [3.05, 3.63) is 11.6 Å². The van der Waals surface area contributed by atoms with Crippen molar-refractivity contribution in [1.82, 2.24) is 0 Å². The third-order valence-corrected chi connectivity index (χ3v) is 1.76. The number of aliphatic hydroxyl groups is 1. The fraction of sp³-hybridized carbons (Fsp3) is 0.625. The van der Waals surface area contributed by atoms with Gasteiger partial charge in [-0.05, 0) is 19.4 Å². The van der Waals surface area contributed by atoms with Crippen molar-refractivity contribution in [1.29, 1.82) is 0 Å². The van der Waals surface area contributed by atoms with Crippen molar-refractivity contribution >= 4 is 5.97 Å². The van der Waals surface area contributed by atoms with Crippen LogP contribution in [0.4, 0.5) is 0 Å². The Bertz CT molecular complexity index is 194. The van der Waals surface area contributed by atoms with Crippen LogP contribution in [0.15, 0.2) is 11.6 Å². The van der Waals surface area contributed by atoms with Crippen molar-refractivity contribution in [3.63, 3.8) is 0 Å². The van der Waals surface area contributed by atoms with Crippen LogP contribution in [-0.4, -0.2) is 23.3 Å². The highest BCUT2D eigenvalue weighted by atomic mass is 16.5. The fourth-order valence-electron chi connectivity index (χ4n) is 1.19. The number of rotatable bonds is 1. The Kier molecular flexibility index (Phi) is 2.29. The van der Waals surface area contributed by atoms with Crippen molar-refractivity contribution < 1.29 is 14.6 Å². The molecule has 62 valence electrons. The first-order chi connectivity index (χ1) is 5.11. The summed E-state index contributed by atoms with van der Waals surface area (Å²) in [7, 11) is 0. The number of ether oxygens (including phenoxy) is 1. The zero-order chi connectivity index (χ0) is 8.43. The van der Waals surface area contributed by atoms with Gasteiger partial charge in [0.25, 0.3) is 0 Å². The number of hydrogen-bond acceptors (Lipinski definition) is 3. The molecule has 0 aliphatic carbocycles. The van der Waals surface area contributed by atoms with E-state index < -0.39 is 6.10 Å². The third kappa shape index (κ3) is 1.80. The maximum absolute atomic E-state index is 10.7. The lowest BCUT2D eigenvalue weighted by Crippen LogP contribution is -2.26. The molecule has 1 aliphatic rings. The monoisotopic (exact) mass is 156 g/mol. The highest BCUT2D eigenvalue weighted by Crippen LogP contribution is 2.17. The summed E-state index contributed by atoms with van der Waals surface area (Å²) in [6.45, 7) is 3.43. The Hall–Kier alpha value is -0.830. The van der Waals surface area contributed by atoms with Crippen LogP contribution < -0.4 is 0 Å². The summed E-state index contributed by atoms with van der Waals surface area (Å²) < 4.78 is 4.89. The van der Waals surface area contributed by atoms with Gasteiger partial charge in [-0.3, -0.25) is 4.79 Å². The molecule has 1 N–H and O–H groups in total. The zero-order valence-electron chi connectivity index (χ0n) is 6.70. The van der Waals surface area contributed by atoms with Gasteiger partial charge >= 0.3 is 5.97 Å². The Morgan fingerprint density at radius 2 is 2.45 bits per heavy atom. The third-order valence-electron chi connectivity index (χ3n) is 1.76. The van der Waals surface area contributed by atoms with Crippen molar-refractivity contribution in [2.75, 3.05) is 0 Å². The molecule has 0 aromatic heterocycles. The van der Waals surface area contributed by atoms with E-state index in [9.17, 15) is 9.90 Å². The molecule has 2 atom stereocenters. The highest BCUT2D eigenvalue weighted by molar-refractivity contribution is 5.73. The Balaban J connectivity index is 2.72. The minimum absolute atomic E-state index is 0.220. The molecule has 0 aromatic carbocycles. The fourth-order valence-corrected chi connectivity index (χ4v) is 1.19. The summed E-state index contributed by atoms with van der Waals surface area (Å²) in [5, 5.41) is 9.17. The first kappa shape index (κ1) is 8.27. The molecule has 0 fully saturated rings. The van der Waals surface area contributed by atoms with Crippen LogP contribution in [0.5, 0.6) is 0 Å². The number of hydrogen-bond donors (Lipinski definition) is 1. The summed E-state index contributed by atoms with van der Waals surface area (Å²) in [5.41, 5.74) is 0.796. The van der Waals surface area contributed by atoms with Crippen LogP contribution in [-0.2, 0) is 9.53 Å². The van der Waals surface area contributed by atoms with Crippen LogP contribution in [0.3, 0.4) is 0 Å². The SMILES string of the molecule is C[C@H](O)C1=CCC(=O)O[C@H]1C. The van der Waals surface area contributed by atoms with Gasteiger partial charge in [0.2, 0.25) is 0 Å². The van der Waals surface area contributed by atoms with Gasteiger partial charge < -0.3 is 9.84 Å². The molecule has 0 bridgehead atoms. The molecule has 3 heteroatoms. The Morgan fingerprint density at radius 1 is 1.82 bits per heavy atom. The summed E-state index contributed by atoms with van der Waals surface area (Å²) in [6.07, 6.45) is 1.24. The van der Waals surface area contributed by atoms with Gasteiger partial charge in [-0.25, -0.2) is 0 Å². The van der Waals surface area contributed by atoms with Gasteiger partial charge in [-0.1, -0.05) is 6.08 Å². The second-order valence-electron chi connectivity index (χ2n) is 2.72. The lowest BCUT2D eigenvalue weighted by Gasteiger charge is -2.22. The molecular weight excluding hydrogens is 144 g/mol. The van der Waals surface area contributed by atoms with Crippen LogP contribution in [0.25, 0.3) is 0 Å². The van der Waals surface area contributed by atoms with E-state index in [0.29, 0.717) is 0 Å². The average Bonchev–Trinajstić information content (AvgIpc) is 1.85. The van der Waals surface area contributed by atoms with Gasteiger partial charge in [0.1, 0.15) is 6.10 Å². The molecule has 0 saturated carbocycles. The van der Waals surface area contributed by atoms with Gasteiger partial charge in [0, 0.05) is 0 Å². The Morgan fingerprint density at radius 3 is 2.91 bits per heavy atom. The maximum Gasteiger partial charge on any atom is 0.310 e. The van der Waals surface area contributed by atoms with Crippen molar-refractivity contribution in [2.45, 2.75) is 32.5 Å². The van der Waals surface area contributed by atoms with Crippen LogP contribution >= 0.6 is 0 Å². The second-order valence-corrected chi connectivity index (χ2v) is 2.72. The lowest BCUT2D eigenvalue weighted by atomic mass is 10.0. The Labute approximate surface area is 65.7 Å². The molecule has 0 spiro atoms. The van der Waals surface area contributed by atoms with Crippen LogP contribution in [0, 0.1) is 0 Å². The largest absolute Gasteiger partial charge is 0.458 e. The minimum Gasteiger partial charge on any atom is -0.458 e. The summed E-state index contributed by atoms with van der Waals surface area (Å²) >= 11 is 0. The normalized spacial score (nSPS) is 27.4. The summed E-state index contributed by atoms with van der Waals surface area (Å²) in [5.74, 6) is -0.220. The van der Waals surface area contributed by atoms with E-state index in [0.717, 1.165) is 5.57 Å². The molecule has 1 aliphatic heterocycles. The van der Waals surface area contributed by atoms with E-state index in [1.807, 2.05) is 0 Å². The van der Waals surface area contributed by atoms with Crippen molar-refractivity contribution in [2.24, 2.45) is 0 Å². The molecule has 0 aromatic rings. The van der Waals surface area contributed by atoms with Gasteiger partial charge in [-0.2, -0.15) is 0 Å². The van der Waals surface area contributed by atoms with Gasteiger partial charge in [0.05, 0.1) is 12.5 Å². The first-order valence-electron chi connectivity index (χ1n) is 3.68. The summed E-state index contributed by atoms with van der Waals surface area (Å²) in [4.78, 5) is 10.7. The molecule has 11 heavy (non-hydrogen) atoms. The van der Waals surface area contributed by atoms with E-state index in [1.54, 1.807) is 19.9 Å². The molecule has 1 heterocycles. The summed E-state index contributed by atoms with van der Waals surface area (Å²) in [6, 6.07) is 0. The van der Waals surface area contributed by atoms with Crippen LogP contribution in [0.2, 0.25) is 0 Å². The predicted octanol–water partition coefficient (Wildman–Crippen LogP) is 0.629. The average molecular weight is 156 g/mol. The maximum atomic E-state index is 10.7. The van der Waals surface area contributed by atoms with Crippen molar-refractivity contribution in [3.8, 4) is 0 Å². The van der Waals surface area contributed by atoms with E-state index in [4.69, 9.17) is 4.74 Å². The van der Waals surface area contributed by atoms with Crippen LogP contribution in [0.1, 0.15) is 20.3 Å². The molecule has 1 rings (SSSR count). The second kappa shape index (κ2) is 3.05. The standard InChI is InChI=1S/C8H12O3/c1-5(9)7-3-4-8(10)11-6(7)2/h3,5-6,9H,4H2,1-2H3/t5-,6-/m0/s1. The van der Waals surface area contributed by atoms with Gasteiger partial charge in [-0.15, -0.1) is 0 Å². The molecule has 0 radical (unpaired) electrons. The zero-order valence-corrected chi connectivity index (χ0v) is 6.70. The number of carbonyl (C=O) groups excluding carboxylic acids is 1. The first-order valence-corrected chi connectivity index (χ1v) is 3.68.